The lowest BCUT2D eigenvalue weighted by molar-refractivity contribution is -0.379. The first-order chi connectivity index (χ1) is 6.71. The van der Waals surface area contributed by atoms with Crippen LogP contribution in [0.3, 0.4) is 0 Å². The molecule has 0 amide bonds. The molecular formula is C5F10O. The fourth-order valence-corrected chi connectivity index (χ4v) is 0.778. The van der Waals surface area contributed by atoms with Crippen molar-refractivity contribution >= 4 is 0 Å². The molecule has 0 radical (unpaired) electrons. The van der Waals surface area contributed by atoms with Crippen LogP contribution < -0.4 is 0 Å². The molecule has 1 saturated heterocycles. The van der Waals surface area contributed by atoms with E-state index in [-0.39, 0.29) is 0 Å². The van der Waals surface area contributed by atoms with Gasteiger partial charge in [-0.1, -0.05) is 0 Å². The molecule has 1 rings (SSSR count). The van der Waals surface area contributed by atoms with Gasteiger partial charge in [0.1, 0.15) is 0 Å². The molecule has 0 aromatic rings. The third-order valence-corrected chi connectivity index (χ3v) is 1.76. The molecule has 96 valence electrons. The lowest BCUT2D eigenvalue weighted by atomic mass is 10.1. The van der Waals surface area contributed by atoms with Gasteiger partial charge in [-0.05, 0) is 0 Å². The fraction of sp³-hybridized carbons (Fsp3) is 1.00. The highest BCUT2D eigenvalue weighted by molar-refractivity contribution is 5.11. The van der Waals surface area contributed by atoms with E-state index in [4.69, 9.17) is 0 Å². The van der Waals surface area contributed by atoms with Crippen LogP contribution in [0.1, 0.15) is 0 Å². The number of rotatable bonds is 2. The summed E-state index contributed by atoms with van der Waals surface area (Å²) in [5.41, 5.74) is 0. The van der Waals surface area contributed by atoms with Crippen LogP contribution in [-0.4, -0.2) is 30.0 Å². The van der Waals surface area contributed by atoms with Gasteiger partial charge in [-0.15, -0.1) is 0 Å². The number of alkyl halides is 10. The summed E-state index contributed by atoms with van der Waals surface area (Å²) in [6.07, 6.45) is -12.3. The van der Waals surface area contributed by atoms with Crippen molar-refractivity contribution in [2.24, 2.45) is 0 Å². The second-order valence-corrected chi connectivity index (χ2v) is 2.86. The lowest BCUT2D eigenvalue weighted by Gasteiger charge is -2.28. The quantitative estimate of drug-likeness (QED) is 0.552. The van der Waals surface area contributed by atoms with Gasteiger partial charge >= 0.3 is 30.0 Å². The molecule has 1 nitrogen and oxygen atoms in total. The number of hydrogen-bond acceptors (Lipinski definition) is 1. The minimum absolute atomic E-state index is 2.31. The second-order valence-electron chi connectivity index (χ2n) is 2.86. The Kier molecular flexibility index (Phi) is 2.28. The van der Waals surface area contributed by atoms with Crippen molar-refractivity contribution in [2.45, 2.75) is 30.0 Å². The van der Waals surface area contributed by atoms with E-state index in [0.29, 0.717) is 0 Å². The summed E-state index contributed by atoms with van der Waals surface area (Å²) in [4.78, 5) is 0. The molecule has 0 bridgehead atoms. The first-order valence-electron chi connectivity index (χ1n) is 3.30. The molecule has 0 unspecified atom stereocenters. The molecule has 1 fully saturated rings. The molecule has 0 aliphatic carbocycles. The van der Waals surface area contributed by atoms with Crippen LogP contribution >= 0.6 is 0 Å². The standard InChI is InChI=1S/C5F10O/c6-1(7,2(8,9)4(11,12)13)3(10)5(14,15)16-3/t3-/m1/s1. The highest BCUT2D eigenvalue weighted by Gasteiger charge is 2.97. The van der Waals surface area contributed by atoms with Crippen LogP contribution in [0, 0.1) is 0 Å². The van der Waals surface area contributed by atoms with Crippen molar-refractivity contribution < 1.29 is 48.6 Å². The van der Waals surface area contributed by atoms with Crippen molar-refractivity contribution in [3.05, 3.63) is 0 Å². The van der Waals surface area contributed by atoms with Gasteiger partial charge in [0.25, 0.3) is 0 Å². The molecule has 0 aromatic heterocycles. The number of hydrogen-bond donors (Lipinski definition) is 0. The number of epoxide rings is 1. The normalized spacial score (nSPS) is 30.4. The third kappa shape index (κ3) is 1.29. The molecule has 1 aliphatic rings. The van der Waals surface area contributed by atoms with Gasteiger partial charge in [-0.25, -0.2) is 0 Å². The summed E-state index contributed by atoms with van der Waals surface area (Å²) in [7, 11) is 0. The van der Waals surface area contributed by atoms with Crippen LogP contribution in [0.4, 0.5) is 43.9 Å². The van der Waals surface area contributed by atoms with Crippen molar-refractivity contribution in [2.75, 3.05) is 0 Å². The first-order valence-corrected chi connectivity index (χ1v) is 3.30. The zero-order valence-corrected chi connectivity index (χ0v) is 6.69. The smallest absolute Gasteiger partial charge is 0.265 e. The van der Waals surface area contributed by atoms with Crippen LogP contribution in [0.2, 0.25) is 0 Å². The molecule has 16 heavy (non-hydrogen) atoms. The molecular weight excluding hydrogens is 266 g/mol. The highest BCUT2D eigenvalue weighted by atomic mass is 19.4. The summed E-state index contributed by atoms with van der Waals surface area (Å²) in [5.74, 6) is -19.4. The molecule has 0 aromatic carbocycles. The molecule has 1 atom stereocenters. The molecule has 0 saturated carbocycles. The van der Waals surface area contributed by atoms with E-state index in [1.54, 1.807) is 0 Å². The van der Waals surface area contributed by atoms with Gasteiger partial charge in [0, 0.05) is 0 Å². The highest BCUT2D eigenvalue weighted by Crippen LogP contribution is 2.65. The van der Waals surface area contributed by atoms with E-state index in [1.165, 1.54) is 0 Å². The second kappa shape index (κ2) is 2.74. The summed E-state index contributed by atoms with van der Waals surface area (Å²) in [5, 5.41) is 0. The van der Waals surface area contributed by atoms with Crippen LogP contribution in [0.15, 0.2) is 0 Å². The van der Waals surface area contributed by atoms with Gasteiger partial charge in [0.2, 0.25) is 0 Å². The van der Waals surface area contributed by atoms with Crippen LogP contribution in [-0.2, 0) is 4.74 Å². The Hall–Kier alpha value is -0.740. The Labute approximate surface area is 80.0 Å². The summed E-state index contributed by atoms with van der Waals surface area (Å²) >= 11 is 0. The molecule has 11 heteroatoms. The van der Waals surface area contributed by atoms with Crippen LogP contribution in [0.25, 0.3) is 0 Å². The minimum atomic E-state index is -6.98. The van der Waals surface area contributed by atoms with Crippen molar-refractivity contribution in [1.29, 1.82) is 0 Å². The van der Waals surface area contributed by atoms with E-state index in [9.17, 15) is 43.9 Å². The number of halogens is 10. The zero-order chi connectivity index (χ0) is 13.2. The molecule has 1 heterocycles. The van der Waals surface area contributed by atoms with Gasteiger partial charge in [-0.3, -0.25) is 4.74 Å². The van der Waals surface area contributed by atoms with E-state index in [1.807, 2.05) is 0 Å². The largest absolute Gasteiger partial charge is 0.460 e. The Bertz CT molecular complexity index is 305. The Morgan fingerprint density at radius 3 is 1.25 bits per heavy atom. The first kappa shape index (κ1) is 13.3. The topological polar surface area (TPSA) is 12.5 Å². The fourth-order valence-electron chi connectivity index (χ4n) is 0.778. The molecule has 0 spiro atoms. The van der Waals surface area contributed by atoms with Gasteiger partial charge < -0.3 is 0 Å². The maximum absolute atomic E-state index is 12.4. The van der Waals surface area contributed by atoms with Crippen molar-refractivity contribution in [1.82, 2.24) is 0 Å². The zero-order valence-electron chi connectivity index (χ0n) is 6.69. The SMILES string of the molecule is FC(F)(F)C(F)(F)C(F)(F)[C@@]1(F)OC1(F)F. The minimum Gasteiger partial charge on any atom is -0.265 e. The Balaban J connectivity index is 3.14. The van der Waals surface area contributed by atoms with E-state index >= 15 is 0 Å². The Morgan fingerprint density at radius 2 is 1.06 bits per heavy atom. The monoisotopic (exact) mass is 266 g/mol. The van der Waals surface area contributed by atoms with Gasteiger partial charge in [-0.2, -0.15) is 43.9 Å². The van der Waals surface area contributed by atoms with Crippen molar-refractivity contribution in [3.8, 4) is 0 Å². The lowest BCUT2D eigenvalue weighted by Crippen LogP contribution is -2.59. The average molecular weight is 266 g/mol. The maximum Gasteiger partial charge on any atom is 0.460 e. The predicted octanol–water partition coefficient (Wildman–Crippen LogP) is 3.11. The van der Waals surface area contributed by atoms with E-state index < -0.39 is 30.0 Å². The number of ether oxygens (including phenoxy) is 1. The summed E-state index contributed by atoms with van der Waals surface area (Å²) < 4.78 is 121. The average Bonchev–Trinajstić information content (AvgIpc) is 2.50. The Morgan fingerprint density at radius 1 is 0.750 bits per heavy atom. The van der Waals surface area contributed by atoms with E-state index in [0.717, 1.165) is 0 Å². The summed E-state index contributed by atoms with van der Waals surface area (Å²) in [6, 6.07) is 0. The molecule has 0 N–H and O–H groups in total. The molecule has 1 aliphatic heterocycles. The summed E-state index contributed by atoms with van der Waals surface area (Å²) in [6.45, 7) is 0. The maximum atomic E-state index is 12.4. The van der Waals surface area contributed by atoms with Crippen LogP contribution in [0.5, 0.6) is 0 Å². The van der Waals surface area contributed by atoms with Gasteiger partial charge in [0.15, 0.2) is 0 Å². The third-order valence-electron chi connectivity index (χ3n) is 1.76. The van der Waals surface area contributed by atoms with E-state index in [2.05, 4.69) is 4.74 Å². The van der Waals surface area contributed by atoms with Crippen molar-refractivity contribution in [3.63, 3.8) is 0 Å². The van der Waals surface area contributed by atoms with Gasteiger partial charge in [0.05, 0.1) is 0 Å². The predicted molar refractivity (Wildman–Crippen MR) is 25.8 cm³/mol.